The van der Waals surface area contributed by atoms with Crippen molar-refractivity contribution in [1.29, 1.82) is 0 Å². The van der Waals surface area contributed by atoms with Gasteiger partial charge in [0.2, 0.25) is 0 Å². The highest BCUT2D eigenvalue weighted by Gasteiger charge is 2.28. The Morgan fingerprint density at radius 3 is 2.68 bits per heavy atom. The lowest BCUT2D eigenvalue weighted by atomic mass is 10.2. The minimum absolute atomic E-state index is 0.0997. The molecule has 0 bridgehead atoms. The van der Waals surface area contributed by atoms with Gasteiger partial charge in [-0.25, -0.2) is 13.9 Å². The van der Waals surface area contributed by atoms with Crippen LogP contribution in [0.1, 0.15) is 33.7 Å². The van der Waals surface area contributed by atoms with Crippen molar-refractivity contribution < 1.29 is 18.8 Å². The lowest BCUT2D eigenvalue weighted by Gasteiger charge is -2.06. The second-order valence-electron chi connectivity index (χ2n) is 6.48. The zero-order valence-corrected chi connectivity index (χ0v) is 14.8. The van der Waals surface area contributed by atoms with Crippen LogP contribution < -0.4 is 0 Å². The summed E-state index contributed by atoms with van der Waals surface area (Å²) in [5.41, 5.74) is 2.81. The van der Waals surface area contributed by atoms with Crippen LogP contribution in [0.3, 0.4) is 0 Å². The summed E-state index contributed by atoms with van der Waals surface area (Å²) in [5.74, 6) is -0.978. The van der Waals surface area contributed by atoms with Gasteiger partial charge in [-0.3, -0.25) is 10.1 Å². The van der Waals surface area contributed by atoms with Gasteiger partial charge in [0.1, 0.15) is 12.4 Å². The lowest BCUT2D eigenvalue weighted by molar-refractivity contribution is -0.385. The molecule has 2 aromatic carbocycles. The average molecular weight is 381 g/mol. The van der Waals surface area contributed by atoms with Gasteiger partial charge >= 0.3 is 5.97 Å². The van der Waals surface area contributed by atoms with Crippen molar-refractivity contribution in [2.75, 3.05) is 0 Å². The van der Waals surface area contributed by atoms with Crippen LogP contribution in [0.5, 0.6) is 0 Å². The van der Waals surface area contributed by atoms with Gasteiger partial charge in [-0.2, -0.15) is 5.10 Å². The Kier molecular flexibility index (Phi) is 4.60. The topological polar surface area (TPSA) is 87.3 Å². The molecule has 0 spiro atoms. The summed E-state index contributed by atoms with van der Waals surface area (Å²) in [6.45, 7) is -0.214. The van der Waals surface area contributed by atoms with Crippen LogP contribution in [-0.2, 0) is 24.2 Å². The highest BCUT2D eigenvalue weighted by molar-refractivity contribution is 5.89. The smallest absolute Gasteiger partial charge is 0.359 e. The first-order chi connectivity index (χ1) is 13.5. The number of rotatable bonds is 5. The molecular formula is C20H16FN3O4. The maximum absolute atomic E-state index is 13.2. The zero-order valence-electron chi connectivity index (χ0n) is 14.8. The molecule has 1 aliphatic rings. The van der Waals surface area contributed by atoms with Gasteiger partial charge in [0.05, 0.1) is 16.2 Å². The van der Waals surface area contributed by atoms with Crippen LogP contribution in [0.4, 0.5) is 10.1 Å². The summed E-state index contributed by atoms with van der Waals surface area (Å²) >= 11 is 0. The number of aromatic nitrogens is 2. The molecule has 7 nitrogen and oxygen atoms in total. The molecule has 142 valence electrons. The molecule has 0 saturated heterocycles. The van der Waals surface area contributed by atoms with Crippen molar-refractivity contribution in [2.45, 2.75) is 25.9 Å². The number of nitrogens with zero attached hydrogens (tertiary/aromatic N) is 3. The fraction of sp³-hybridized carbons (Fsp3) is 0.200. The van der Waals surface area contributed by atoms with Crippen LogP contribution in [0.2, 0.25) is 0 Å². The highest BCUT2D eigenvalue weighted by Crippen LogP contribution is 2.29. The minimum Gasteiger partial charge on any atom is -0.456 e. The molecular weight excluding hydrogens is 365 g/mol. The second-order valence-corrected chi connectivity index (χ2v) is 6.48. The number of carbonyl (C=O) groups is 1. The summed E-state index contributed by atoms with van der Waals surface area (Å²) in [6.07, 6.45) is 2.35. The molecule has 8 heteroatoms. The molecule has 0 radical (unpaired) electrons. The first-order valence-corrected chi connectivity index (χ1v) is 8.80. The van der Waals surface area contributed by atoms with Gasteiger partial charge in [0.15, 0.2) is 5.69 Å². The number of esters is 1. The van der Waals surface area contributed by atoms with Crippen molar-refractivity contribution in [3.8, 4) is 5.69 Å². The average Bonchev–Trinajstić information content (AvgIpc) is 3.30. The number of nitro benzene ring substituents is 1. The third-order valence-electron chi connectivity index (χ3n) is 4.74. The van der Waals surface area contributed by atoms with Crippen LogP contribution in [0.25, 0.3) is 5.69 Å². The molecule has 1 aliphatic carbocycles. The van der Waals surface area contributed by atoms with E-state index in [0.717, 1.165) is 24.1 Å². The molecule has 0 amide bonds. The van der Waals surface area contributed by atoms with Crippen molar-refractivity contribution in [3.63, 3.8) is 0 Å². The Morgan fingerprint density at radius 2 is 1.93 bits per heavy atom. The number of para-hydroxylation sites is 1. The molecule has 0 fully saturated rings. The number of hydrogen-bond donors (Lipinski definition) is 0. The normalized spacial score (nSPS) is 12.6. The van der Waals surface area contributed by atoms with Gasteiger partial charge in [-0.15, -0.1) is 0 Å². The monoisotopic (exact) mass is 381 g/mol. The van der Waals surface area contributed by atoms with Crippen LogP contribution in [0, 0.1) is 15.9 Å². The molecule has 0 atom stereocenters. The summed E-state index contributed by atoms with van der Waals surface area (Å²) in [7, 11) is 0. The maximum atomic E-state index is 13.2. The molecule has 0 N–H and O–H groups in total. The molecule has 0 saturated carbocycles. The number of nitro groups is 1. The van der Waals surface area contributed by atoms with E-state index in [0.29, 0.717) is 17.7 Å². The Labute approximate surface area is 159 Å². The third-order valence-corrected chi connectivity index (χ3v) is 4.74. The Hall–Kier alpha value is -3.55. The van der Waals surface area contributed by atoms with Crippen LogP contribution >= 0.6 is 0 Å². The zero-order chi connectivity index (χ0) is 19.7. The van der Waals surface area contributed by atoms with E-state index in [2.05, 4.69) is 5.10 Å². The highest BCUT2D eigenvalue weighted by atomic mass is 19.1. The van der Waals surface area contributed by atoms with Gasteiger partial charge in [0, 0.05) is 17.3 Å². The lowest BCUT2D eigenvalue weighted by Crippen LogP contribution is -2.10. The van der Waals surface area contributed by atoms with Gasteiger partial charge in [-0.05, 0) is 49.6 Å². The van der Waals surface area contributed by atoms with E-state index in [1.807, 2.05) is 0 Å². The first-order valence-electron chi connectivity index (χ1n) is 8.80. The standard InChI is InChI=1S/C20H16FN3O4/c21-14-8-10-15(11-9-14)23-18-7-3-5-16(18)19(22-23)20(25)28-12-13-4-1-2-6-17(13)24(26)27/h1-2,4,6,8-11H,3,5,7,12H2. The summed E-state index contributed by atoms with van der Waals surface area (Å²) in [6, 6.07) is 12.0. The summed E-state index contributed by atoms with van der Waals surface area (Å²) < 4.78 is 20.2. The number of benzene rings is 2. The third kappa shape index (κ3) is 3.24. The van der Waals surface area contributed by atoms with E-state index in [4.69, 9.17) is 4.74 Å². The van der Waals surface area contributed by atoms with E-state index >= 15 is 0 Å². The summed E-state index contributed by atoms with van der Waals surface area (Å²) in [5, 5.41) is 15.5. The molecule has 0 aliphatic heterocycles. The summed E-state index contributed by atoms with van der Waals surface area (Å²) in [4.78, 5) is 23.2. The quantitative estimate of drug-likeness (QED) is 0.381. The minimum atomic E-state index is -0.628. The van der Waals surface area contributed by atoms with Crippen molar-refractivity contribution in [3.05, 3.63) is 87.0 Å². The van der Waals surface area contributed by atoms with Gasteiger partial charge in [0.25, 0.3) is 5.69 Å². The molecule has 0 unspecified atom stereocenters. The van der Waals surface area contributed by atoms with Crippen molar-refractivity contribution in [2.24, 2.45) is 0 Å². The fourth-order valence-corrected chi connectivity index (χ4v) is 3.42. The SMILES string of the molecule is O=C(OCc1ccccc1[N+](=O)[O-])c1nn(-c2ccc(F)cc2)c2c1CCC2. The Morgan fingerprint density at radius 1 is 1.18 bits per heavy atom. The van der Waals surface area contributed by atoms with Gasteiger partial charge in [-0.1, -0.05) is 12.1 Å². The number of halogens is 1. The van der Waals surface area contributed by atoms with E-state index < -0.39 is 10.9 Å². The largest absolute Gasteiger partial charge is 0.456 e. The van der Waals surface area contributed by atoms with E-state index in [9.17, 15) is 19.3 Å². The van der Waals surface area contributed by atoms with Crippen molar-refractivity contribution in [1.82, 2.24) is 9.78 Å². The van der Waals surface area contributed by atoms with E-state index in [-0.39, 0.29) is 23.8 Å². The van der Waals surface area contributed by atoms with E-state index in [1.54, 1.807) is 35.0 Å². The Balaban J connectivity index is 1.60. The van der Waals surface area contributed by atoms with Crippen LogP contribution in [0.15, 0.2) is 48.5 Å². The van der Waals surface area contributed by atoms with E-state index in [1.165, 1.54) is 18.2 Å². The number of carbonyl (C=O) groups excluding carboxylic acids is 1. The molecule has 28 heavy (non-hydrogen) atoms. The number of fused-ring (bicyclic) bond motifs is 1. The molecule has 1 heterocycles. The molecule has 1 aromatic heterocycles. The first kappa shape index (κ1) is 17.8. The second kappa shape index (κ2) is 7.22. The molecule has 4 rings (SSSR count). The van der Waals surface area contributed by atoms with Crippen LogP contribution in [-0.4, -0.2) is 20.7 Å². The van der Waals surface area contributed by atoms with Crippen molar-refractivity contribution >= 4 is 11.7 Å². The number of hydrogen-bond acceptors (Lipinski definition) is 5. The predicted molar refractivity (Wildman–Crippen MR) is 97.8 cm³/mol. The number of ether oxygens (including phenoxy) is 1. The maximum Gasteiger partial charge on any atom is 0.359 e. The Bertz CT molecular complexity index is 1060. The van der Waals surface area contributed by atoms with Gasteiger partial charge < -0.3 is 4.74 Å². The predicted octanol–water partition coefficient (Wildman–Crippen LogP) is 3.77. The fourth-order valence-electron chi connectivity index (χ4n) is 3.42. The molecule has 3 aromatic rings.